The average molecular weight is 422 g/mol. The summed E-state index contributed by atoms with van der Waals surface area (Å²) in [4.78, 5) is 10.1. The van der Waals surface area contributed by atoms with Crippen LogP contribution in [0.4, 0.5) is 11.5 Å². The summed E-state index contributed by atoms with van der Waals surface area (Å²) in [6.45, 7) is 4.41. The topological polar surface area (TPSA) is 37.8 Å². The smallest absolute Gasteiger partial charge is 0.143 e. The molecule has 0 unspecified atom stereocenters. The number of nitrogens with one attached hydrogen (secondary N) is 1. The number of rotatable bonds is 5. The van der Waals surface area contributed by atoms with E-state index in [0.29, 0.717) is 5.92 Å². The molecule has 152 valence electrons. The highest BCUT2D eigenvalue weighted by atomic mass is 32.1. The number of fused-ring (bicyclic) bond motifs is 1. The van der Waals surface area contributed by atoms with E-state index in [2.05, 4.69) is 107 Å². The van der Waals surface area contributed by atoms with E-state index in [1.54, 1.807) is 17.7 Å². The number of aromatic nitrogens is 2. The van der Waals surface area contributed by atoms with E-state index in [1.807, 2.05) is 6.07 Å². The summed E-state index contributed by atoms with van der Waals surface area (Å²) in [6, 6.07) is 27.7. The van der Waals surface area contributed by atoms with Gasteiger partial charge in [-0.05, 0) is 40.3 Å². The van der Waals surface area contributed by atoms with Gasteiger partial charge >= 0.3 is 0 Å². The van der Waals surface area contributed by atoms with Crippen molar-refractivity contribution in [3.8, 4) is 22.3 Å². The molecule has 0 bridgehead atoms. The van der Waals surface area contributed by atoms with Gasteiger partial charge in [-0.15, -0.1) is 11.3 Å². The number of nitrogens with zero attached hydrogens (tertiary/aromatic N) is 2. The summed E-state index contributed by atoms with van der Waals surface area (Å²) < 4.78 is 0. The fourth-order valence-electron chi connectivity index (χ4n) is 3.74. The largest absolute Gasteiger partial charge is 0.340 e. The van der Waals surface area contributed by atoms with E-state index in [-0.39, 0.29) is 0 Å². The lowest BCUT2D eigenvalue weighted by atomic mass is 10.0. The third-order valence-electron chi connectivity index (χ3n) is 5.51. The van der Waals surface area contributed by atoms with Crippen LogP contribution in [-0.4, -0.2) is 9.97 Å². The third kappa shape index (κ3) is 3.94. The molecule has 0 aliphatic heterocycles. The van der Waals surface area contributed by atoms with E-state index in [0.717, 1.165) is 27.3 Å². The van der Waals surface area contributed by atoms with E-state index >= 15 is 0 Å². The van der Waals surface area contributed by atoms with E-state index < -0.39 is 0 Å². The molecular weight excluding hydrogens is 398 g/mol. The zero-order valence-corrected chi connectivity index (χ0v) is 18.4. The monoisotopic (exact) mass is 421 g/mol. The van der Waals surface area contributed by atoms with Gasteiger partial charge in [0.05, 0.1) is 5.39 Å². The SMILES string of the molecule is CC(C)c1ccc(Nc2ncnc3scc(-c4ccc(-c5ccccc5)cc4)c23)cc1. The van der Waals surface area contributed by atoms with Crippen LogP contribution >= 0.6 is 11.3 Å². The minimum Gasteiger partial charge on any atom is -0.340 e. The molecule has 2 aromatic heterocycles. The predicted octanol–water partition coefficient (Wildman–Crippen LogP) is 7.89. The number of thiophene rings is 1. The van der Waals surface area contributed by atoms with Crippen molar-refractivity contribution in [2.75, 3.05) is 5.32 Å². The van der Waals surface area contributed by atoms with E-state index in [1.165, 1.54) is 22.3 Å². The van der Waals surface area contributed by atoms with Crippen molar-refractivity contribution in [2.24, 2.45) is 0 Å². The lowest BCUT2D eigenvalue weighted by Gasteiger charge is -2.11. The Kier molecular flexibility index (Phi) is 5.23. The molecule has 0 aliphatic carbocycles. The molecule has 3 aromatic carbocycles. The number of hydrogen-bond acceptors (Lipinski definition) is 4. The number of benzene rings is 3. The Morgan fingerprint density at radius 3 is 2.13 bits per heavy atom. The first kappa shape index (κ1) is 19.5. The van der Waals surface area contributed by atoms with Crippen LogP contribution in [-0.2, 0) is 0 Å². The molecular formula is C27H23N3S. The molecule has 5 aromatic rings. The van der Waals surface area contributed by atoms with Gasteiger partial charge in [-0.25, -0.2) is 9.97 Å². The first-order chi connectivity index (χ1) is 15.2. The van der Waals surface area contributed by atoms with Gasteiger partial charge in [0.1, 0.15) is 17.0 Å². The van der Waals surface area contributed by atoms with Crippen LogP contribution in [0.3, 0.4) is 0 Å². The Morgan fingerprint density at radius 2 is 1.42 bits per heavy atom. The zero-order chi connectivity index (χ0) is 21.2. The Morgan fingerprint density at radius 1 is 0.742 bits per heavy atom. The molecule has 4 heteroatoms. The van der Waals surface area contributed by atoms with Gasteiger partial charge < -0.3 is 5.32 Å². The Labute approximate surface area is 186 Å². The first-order valence-corrected chi connectivity index (χ1v) is 11.3. The molecule has 2 heterocycles. The van der Waals surface area contributed by atoms with Crippen LogP contribution < -0.4 is 5.32 Å². The van der Waals surface area contributed by atoms with Crippen LogP contribution in [0.15, 0.2) is 90.6 Å². The van der Waals surface area contributed by atoms with Crippen molar-refractivity contribution in [1.82, 2.24) is 9.97 Å². The maximum absolute atomic E-state index is 4.57. The van der Waals surface area contributed by atoms with Crippen molar-refractivity contribution in [3.63, 3.8) is 0 Å². The summed E-state index contributed by atoms with van der Waals surface area (Å²) in [5.74, 6) is 1.35. The second kappa shape index (κ2) is 8.32. The zero-order valence-electron chi connectivity index (χ0n) is 17.5. The first-order valence-electron chi connectivity index (χ1n) is 10.4. The molecule has 0 saturated carbocycles. The standard InChI is InChI=1S/C27H23N3S/c1-18(2)19-12-14-23(15-13-19)30-26-25-24(16-31-27(25)29-17-28-26)22-10-8-21(9-11-22)20-6-4-3-5-7-20/h3-18H,1-2H3,(H,28,29,30). The van der Waals surface area contributed by atoms with Gasteiger partial charge in [0.15, 0.2) is 0 Å². The molecule has 0 saturated heterocycles. The van der Waals surface area contributed by atoms with Crippen LogP contribution in [0.2, 0.25) is 0 Å². The summed E-state index contributed by atoms with van der Waals surface area (Å²) in [5, 5.41) is 6.74. The minimum absolute atomic E-state index is 0.516. The van der Waals surface area contributed by atoms with Crippen molar-refractivity contribution in [1.29, 1.82) is 0 Å². The highest BCUT2D eigenvalue weighted by molar-refractivity contribution is 7.17. The third-order valence-corrected chi connectivity index (χ3v) is 6.40. The van der Waals surface area contributed by atoms with Gasteiger partial charge in [-0.1, -0.05) is 80.6 Å². The highest BCUT2D eigenvalue weighted by Gasteiger charge is 2.14. The van der Waals surface area contributed by atoms with Crippen LogP contribution in [0.1, 0.15) is 25.3 Å². The average Bonchev–Trinajstić information content (AvgIpc) is 3.25. The summed E-state index contributed by atoms with van der Waals surface area (Å²) in [6.07, 6.45) is 1.63. The quantitative estimate of drug-likeness (QED) is 0.313. The minimum atomic E-state index is 0.516. The maximum atomic E-state index is 4.57. The Balaban J connectivity index is 1.50. The van der Waals surface area contributed by atoms with E-state index in [9.17, 15) is 0 Å². The second-order valence-electron chi connectivity index (χ2n) is 7.90. The van der Waals surface area contributed by atoms with Crippen LogP contribution in [0.25, 0.3) is 32.5 Å². The number of anilines is 2. The molecule has 1 N–H and O–H groups in total. The fraction of sp³-hybridized carbons (Fsp3) is 0.111. The van der Waals surface area contributed by atoms with Crippen LogP contribution in [0, 0.1) is 0 Å². The summed E-state index contributed by atoms with van der Waals surface area (Å²) in [5.41, 5.74) is 7.11. The van der Waals surface area contributed by atoms with Crippen molar-refractivity contribution in [2.45, 2.75) is 19.8 Å². The summed E-state index contributed by atoms with van der Waals surface area (Å²) >= 11 is 1.65. The number of hydrogen-bond donors (Lipinski definition) is 1. The van der Waals surface area contributed by atoms with Crippen LogP contribution in [0.5, 0.6) is 0 Å². The van der Waals surface area contributed by atoms with Gasteiger partial charge in [-0.3, -0.25) is 0 Å². The normalized spacial score (nSPS) is 11.2. The lowest BCUT2D eigenvalue weighted by Crippen LogP contribution is -1.96. The molecule has 0 spiro atoms. The predicted molar refractivity (Wildman–Crippen MR) is 132 cm³/mol. The molecule has 0 radical (unpaired) electrons. The molecule has 31 heavy (non-hydrogen) atoms. The molecule has 0 fully saturated rings. The van der Waals surface area contributed by atoms with Gasteiger partial charge in [0.25, 0.3) is 0 Å². The molecule has 0 aliphatic rings. The van der Waals surface area contributed by atoms with E-state index in [4.69, 9.17) is 0 Å². The maximum Gasteiger partial charge on any atom is 0.143 e. The lowest BCUT2D eigenvalue weighted by molar-refractivity contribution is 0.867. The molecule has 5 rings (SSSR count). The van der Waals surface area contributed by atoms with Crippen molar-refractivity contribution in [3.05, 3.63) is 96.1 Å². The molecule has 3 nitrogen and oxygen atoms in total. The van der Waals surface area contributed by atoms with Gasteiger partial charge in [0.2, 0.25) is 0 Å². The van der Waals surface area contributed by atoms with Gasteiger partial charge in [-0.2, -0.15) is 0 Å². The van der Waals surface area contributed by atoms with Crippen molar-refractivity contribution >= 4 is 33.1 Å². The summed E-state index contributed by atoms with van der Waals surface area (Å²) in [7, 11) is 0. The second-order valence-corrected chi connectivity index (χ2v) is 8.75. The molecule has 0 atom stereocenters. The highest BCUT2D eigenvalue weighted by Crippen LogP contribution is 2.38. The fourth-order valence-corrected chi connectivity index (χ4v) is 4.66. The Bertz CT molecular complexity index is 1300. The Hall–Kier alpha value is -3.50. The van der Waals surface area contributed by atoms with Gasteiger partial charge in [0, 0.05) is 16.6 Å². The molecule has 0 amide bonds. The van der Waals surface area contributed by atoms with Crippen molar-refractivity contribution < 1.29 is 0 Å².